The first-order valence-electron chi connectivity index (χ1n) is 9.50. The fraction of sp³-hybridized carbons (Fsp3) is 0.350. The molecular formula is C20H21N5O3. The lowest BCUT2D eigenvalue weighted by Crippen LogP contribution is -2.20. The summed E-state index contributed by atoms with van der Waals surface area (Å²) in [6.45, 7) is 0. The Morgan fingerprint density at radius 3 is 2.61 bits per heavy atom. The van der Waals surface area contributed by atoms with Gasteiger partial charge in [0.1, 0.15) is 11.8 Å². The molecule has 1 fully saturated rings. The first-order chi connectivity index (χ1) is 13.7. The van der Waals surface area contributed by atoms with Crippen LogP contribution in [0.1, 0.15) is 38.5 Å². The predicted octanol–water partition coefficient (Wildman–Crippen LogP) is 4.86. The summed E-state index contributed by atoms with van der Waals surface area (Å²) in [4.78, 5) is 23.8. The fourth-order valence-electron chi connectivity index (χ4n) is 3.59. The first-order valence-corrected chi connectivity index (χ1v) is 9.50. The molecule has 2 aromatic heterocycles. The van der Waals surface area contributed by atoms with E-state index in [0.29, 0.717) is 11.3 Å². The molecular weight excluding hydrogens is 358 g/mol. The van der Waals surface area contributed by atoms with Gasteiger partial charge in [0.2, 0.25) is 5.82 Å². The van der Waals surface area contributed by atoms with Crippen molar-refractivity contribution in [3.63, 3.8) is 0 Å². The summed E-state index contributed by atoms with van der Waals surface area (Å²) >= 11 is 0. The first kappa shape index (κ1) is 18.1. The maximum atomic E-state index is 11.8. The van der Waals surface area contributed by atoms with Crippen LogP contribution in [-0.2, 0) is 0 Å². The van der Waals surface area contributed by atoms with Crippen LogP contribution < -0.4 is 10.1 Å². The third-order valence-electron chi connectivity index (χ3n) is 4.97. The number of rotatable bonds is 5. The van der Waals surface area contributed by atoms with Crippen LogP contribution in [0.25, 0.3) is 10.9 Å². The van der Waals surface area contributed by atoms with Crippen molar-refractivity contribution in [2.75, 3.05) is 5.32 Å². The normalized spacial score (nSPS) is 15.1. The van der Waals surface area contributed by atoms with Gasteiger partial charge < -0.3 is 10.1 Å². The Kier molecular flexibility index (Phi) is 5.27. The van der Waals surface area contributed by atoms with Crippen LogP contribution in [0.4, 0.5) is 11.5 Å². The SMILES string of the molecule is O=[N+]([O-])c1c(NC2CCCCCC2)ncnc1Oc1cccc2cccnc12. The molecule has 1 N–H and O–H groups in total. The van der Waals surface area contributed by atoms with Crippen LogP contribution in [-0.4, -0.2) is 25.9 Å². The summed E-state index contributed by atoms with van der Waals surface area (Å²) in [5.41, 5.74) is 0.371. The van der Waals surface area contributed by atoms with Gasteiger partial charge in [0, 0.05) is 17.6 Å². The highest BCUT2D eigenvalue weighted by atomic mass is 16.6. The summed E-state index contributed by atoms with van der Waals surface area (Å²) < 4.78 is 5.84. The number of nitro groups is 1. The van der Waals surface area contributed by atoms with E-state index < -0.39 is 4.92 Å². The fourth-order valence-corrected chi connectivity index (χ4v) is 3.59. The lowest BCUT2D eigenvalue weighted by molar-refractivity contribution is -0.385. The van der Waals surface area contributed by atoms with Gasteiger partial charge in [0.15, 0.2) is 5.75 Å². The van der Waals surface area contributed by atoms with Crippen molar-refractivity contribution in [1.29, 1.82) is 0 Å². The van der Waals surface area contributed by atoms with Gasteiger partial charge in [-0.05, 0) is 25.0 Å². The molecule has 144 valence electrons. The summed E-state index contributed by atoms with van der Waals surface area (Å²) in [5.74, 6) is 0.532. The van der Waals surface area contributed by atoms with Crippen LogP contribution in [0.3, 0.4) is 0 Å². The zero-order valence-electron chi connectivity index (χ0n) is 15.4. The average Bonchev–Trinajstić information content (AvgIpc) is 2.97. The van der Waals surface area contributed by atoms with Gasteiger partial charge in [-0.2, -0.15) is 4.98 Å². The molecule has 4 rings (SSSR count). The maximum Gasteiger partial charge on any atom is 0.373 e. The van der Waals surface area contributed by atoms with E-state index in [1.165, 1.54) is 19.2 Å². The van der Waals surface area contributed by atoms with E-state index in [9.17, 15) is 10.1 Å². The lowest BCUT2D eigenvalue weighted by atomic mass is 10.1. The molecule has 1 aromatic carbocycles. The van der Waals surface area contributed by atoms with Gasteiger partial charge in [-0.3, -0.25) is 15.1 Å². The van der Waals surface area contributed by atoms with Crippen molar-refractivity contribution in [3.8, 4) is 11.6 Å². The highest BCUT2D eigenvalue weighted by molar-refractivity contribution is 5.84. The number of fused-ring (bicyclic) bond motifs is 1. The van der Waals surface area contributed by atoms with E-state index in [1.54, 1.807) is 12.3 Å². The molecule has 0 bridgehead atoms. The molecule has 0 unspecified atom stereocenters. The van der Waals surface area contributed by atoms with Crippen LogP contribution in [0.2, 0.25) is 0 Å². The largest absolute Gasteiger partial charge is 0.431 e. The number of benzene rings is 1. The van der Waals surface area contributed by atoms with Crippen LogP contribution in [0, 0.1) is 10.1 Å². The van der Waals surface area contributed by atoms with Crippen molar-refractivity contribution in [1.82, 2.24) is 15.0 Å². The quantitative estimate of drug-likeness (QED) is 0.383. The third kappa shape index (κ3) is 3.85. The second-order valence-corrected chi connectivity index (χ2v) is 6.90. The van der Waals surface area contributed by atoms with E-state index in [0.717, 1.165) is 31.1 Å². The molecule has 0 atom stereocenters. The van der Waals surface area contributed by atoms with Gasteiger partial charge in [0.25, 0.3) is 0 Å². The van der Waals surface area contributed by atoms with Crippen LogP contribution in [0.5, 0.6) is 11.6 Å². The molecule has 2 heterocycles. The van der Waals surface area contributed by atoms with Gasteiger partial charge in [0.05, 0.1) is 4.92 Å². The Hall–Kier alpha value is -3.29. The Balaban J connectivity index is 1.68. The second kappa shape index (κ2) is 8.16. The molecule has 1 aliphatic carbocycles. The zero-order valence-corrected chi connectivity index (χ0v) is 15.4. The van der Waals surface area contributed by atoms with E-state index in [1.807, 2.05) is 24.3 Å². The molecule has 0 radical (unpaired) electrons. The van der Waals surface area contributed by atoms with Crippen molar-refractivity contribution >= 4 is 22.4 Å². The zero-order chi connectivity index (χ0) is 19.3. The summed E-state index contributed by atoms with van der Waals surface area (Å²) in [7, 11) is 0. The standard InChI is InChI=1S/C20H21N5O3/c26-25(27)18-19(24-15-9-3-1-2-4-10-15)22-13-23-20(18)28-16-11-5-7-14-8-6-12-21-17(14)16/h5-8,11-13,15H,1-4,9-10H2,(H,22,23,24). The number of pyridine rings is 1. The van der Waals surface area contributed by atoms with Gasteiger partial charge in [-0.15, -0.1) is 0 Å². The Morgan fingerprint density at radius 2 is 1.82 bits per heavy atom. The number of hydrogen-bond acceptors (Lipinski definition) is 7. The second-order valence-electron chi connectivity index (χ2n) is 6.90. The number of hydrogen-bond donors (Lipinski definition) is 1. The molecule has 28 heavy (non-hydrogen) atoms. The topological polar surface area (TPSA) is 103 Å². The average molecular weight is 379 g/mol. The summed E-state index contributed by atoms with van der Waals surface area (Å²) in [5, 5.41) is 15.9. The van der Waals surface area contributed by atoms with E-state index in [4.69, 9.17) is 4.74 Å². The minimum absolute atomic E-state index is 0.0886. The van der Waals surface area contributed by atoms with E-state index >= 15 is 0 Å². The van der Waals surface area contributed by atoms with Gasteiger partial charge in [-0.25, -0.2) is 4.98 Å². The number of nitrogens with one attached hydrogen (secondary N) is 1. The van der Waals surface area contributed by atoms with Crippen LogP contribution >= 0.6 is 0 Å². The van der Waals surface area contributed by atoms with E-state index in [2.05, 4.69) is 20.3 Å². The number of aromatic nitrogens is 3. The Bertz CT molecular complexity index is 981. The molecule has 3 aromatic rings. The number of nitrogens with zero attached hydrogens (tertiary/aromatic N) is 4. The molecule has 8 heteroatoms. The Labute approximate surface area is 162 Å². The van der Waals surface area contributed by atoms with Gasteiger partial charge in [-0.1, -0.05) is 43.9 Å². The van der Waals surface area contributed by atoms with Crippen molar-refractivity contribution < 1.29 is 9.66 Å². The van der Waals surface area contributed by atoms with Crippen molar-refractivity contribution in [2.45, 2.75) is 44.6 Å². The predicted molar refractivity (Wildman–Crippen MR) is 106 cm³/mol. The number of para-hydroxylation sites is 1. The third-order valence-corrected chi connectivity index (χ3v) is 4.97. The smallest absolute Gasteiger partial charge is 0.373 e. The van der Waals surface area contributed by atoms with E-state index in [-0.39, 0.29) is 23.4 Å². The molecule has 1 saturated carbocycles. The molecule has 0 spiro atoms. The Morgan fingerprint density at radius 1 is 1.04 bits per heavy atom. The highest BCUT2D eigenvalue weighted by Gasteiger charge is 2.27. The maximum absolute atomic E-state index is 11.8. The minimum atomic E-state index is -0.493. The monoisotopic (exact) mass is 379 g/mol. The molecule has 0 amide bonds. The summed E-state index contributed by atoms with van der Waals surface area (Å²) in [6, 6.07) is 9.35. The van der Waals surface area contributed by atoms with Gasteiger partial charge >= 0.3 is 11.6 Å². The molecule has 8 nitrogen and oxygen atoms in total. The number of anilines is 1. The van der Waals surface area contributed by atoms with Crippen LogP contribution in [0.15, 0.2) is 42.9 Å². The van der Waals surface area contributed by atoms with Crippen molar-refractivity contribution in [3.05, 3.63) is 53.0 Å². The molecule has 0 saturated heterocycles. The summed E-state index contributed by atoms with van der Waals surface area (Å²) in [6.07, 6.45) is 9.53. The number of ether oxygens (including phenoxy) is 1. The highest BCUT2D eigenvalue weighted by Crippen LogP contribution is 2.37. The lowest BCUT2D eigenvalue weighted by Gasteiger charge is -2.17. The minimum Gasteiger partial charge on any atom is -0.431 e. The van der Waals surface area contributed by atoms with Crippen molar-refractivity contribution in [2.24, 2.45) is 0 Å². The molecule has 1 aliphatic rings. The molecule has 0 aliphatic heterocycles.